The van der Waals surface area contributed by atoms with E-state index in [0.29, 0.717) is 5.69 Å². The van der Waals surface area contributed by atoms with Crippen molar-refractivity contribution >= 4 is 5.82 Å². The van der Waals surface area contributed by atoms with Crippen LogP contribution >= 0.6 is 0 Å². The fourth-order valence-electron chi connectivity index (χ4n) is 2.14. The van der Waals surface area contributed by atoms with Gasteiger partial charge in [0.1, 0.15) is 23.9 Å². The monoisotopic (exact) mass is 266 g/mol. The highest BCUT2D eigenvalue weighted by Crippen LogP contribution is 2.20. The average molecular weight is 266 g/mol. The Kier molecular flexibility index (Phi) is 3.99. The van der Waals surface area contributed by atoms with Crippen molar-refractivity contribution in [1.29, 1.82) is 5.26 Å². The molecule has 0 fully saturated rings. The number of benzene rings is 1. The van der Waals surface area contributed by atoms with Crippen LogP contribution in [-0.4, -0.2) is 17.0 Å². The molecule has 0 bridgehead atoms. The van der Waals surface area contributed by atoms with Gasteiger partial charge >= 0.3 is 0 Å². The number of aryl methyl sites for hydroxylation is 1. The van der Waals surface area contributed by atoms with Crippen LogP contribution in [0, 0.1) is 32.1 Å². The number of nitriles is 1. The molecule has 0 N–H and O–H groups in total. The third-order valence-electron chi connectivity index (χ3n) is 3.74. The van der Waals surface area contributed by atoms with Crippen molar-refractivity contribution in [2.45, 2.75) is 27.3 Å². The fraction of sp³-hybridized carbons (Fsp3) is 0.312. The number of rotatable bonds is 3. The molecule has 2 aromatic rings. The van der Waals surface area contributed by atoms with Gasteiger partial charge in [-0.1, -0.05) is 12.1 Å². The summed E-state index contributed by atoms with van der Waals surface area (Å²) in [6.07, 6.45) is 1.43. The maximum absolute atomic E-state index is 8.89. The molecule has 0 aliphatic carbocycles. The van der Waals surface area contributed by atoms with E-state index in [1.54, 1.807) is 6.07 Å². The summed E-state index contributed by atoms with van der Waals surface area (Å²) >= 11 is 0. The van der Waals surface area contributed by atoms with Crippen LogP contribution in [0.25, 0.3) is 0 Å². The quantitative estimate of drug-likeness (QED) is 0.857. The van der Waals surface area contributed by atoms with Gasteiger partial charge in [-0.05, 0) is 43.0 Å². The lowest BCUT2D eigenvalue weighted by molar-refractivity contribution is 0.879. The summed E-state index contributed by atoms with van der Waals surface area (Å²) in [6.45, 7) is 7.17. The molecule has 0 atom stereocenters. The summed E-state index contributed by atoms with van der Waals surface area (Å²) in [5.74, 6) is 0.758. The summed E-state index contributed by atoms with van der Waals surface area (Å²) in [4.78, 5) is 10.1. The van der Waals surface area contributed by atoms with Gasteiger partial charge in [-0.25, -0.2) is 9.97 Å². The van der Waals surface area contributed by atoms with Crippen LogP contribution in [0.3, 0.4) is 0 Å². The molecule has 2 rings (SSSR count). The van der Waals surface area contributed by atoms with Crippen LogP contribution in [-0.2, 0) is 6.54 Å². The highest BCUT2D eigenvalue weighted by atomic mass is 15.2. The molecular formula is C16H18N4. The molecule has 0 aliphatic heterocycles. The molecule has 102 valence electrons. The number of aromatic nitrogens is 2. The molecule has 0 aliphatic rings. The Bertz CT molecular complexity index is 671. The molecular weight excluding hydrogens is 248 g/mol. The molecule has 0 radical (unpaired) electrons. The molecule has 0 saturated heterocycles. The van der Waals surface area contributed by atoms with Gasteiger partial charge in [0, 0.05) is 19.7 Å². The van der Waals surface area contributed by atoms with Gasteiger partial charge in [0.05, 0.1) is 0 Å². The Labute approximate surface area is 119 Å². The molecule has 1 heterocycles. The molecule has 0 unspecified atom stereocenters. The standard InChI is InChI=1S/C16H18N4/c1-11-5-6-14(13(3)12(11)2)9-20(4)16-7-15(8-17)18-10-19-16/h5-7,10H,9H2,1-4H3. The zero-order chi connectivity index (χ0) is 14.7. The van der Waals surface area contributed by atoms with E-state index in [4.69, 9.17) is 5.26 Å². The van der Waals surface area contributed by atoms with Gasteiger partial charge < -0.3 is 4.90 Å². The maximum Gasteiger partial charge on any atom is 0.145 e. The Morgan fingerprint density at radius 2 is 1.90 bits per heavy atom. The highest BCUT2D eigenvalue weighted by Gasteiger charge is 2.09. The zero-order valence-electron chi connectivity index (χ0n) is 12.3. The van der Waals surface area contributed by atoms with E-state index in [2.05, 4.69) is 42.9 Å². The van der Waals surface area contributed by atoms with Gasteiger partial charge in [-0.15, -0.1) is 0 Å². The number of nitrogens with zero attached hydrogens (tertiary/aromatic N) is 4. The normalized spacial score (nSPS) is 10.2. The van der Waals surface area contributed by atoms with E-state index in [1.165, 1.54) is 28.6 Å². The number of anilines is 1. The highest BCUT2D eigenvalue weighted by molar-refractivity contribution is 5.45. The Morgan fingerprint density at radius 3 is 2.60 bits per heavy atom. The van der Waals surface area contributed by atoms with Gasteiger partial charge in [-0.3, -0.25) is 0 Å². The van der Waals surface area contributed by atoms with E-state index in [9.17, 15) is 0 Å². The van der Waals surface area contributed by atoms with Crippen molar-refractivity contribution in [2.24, 2.45) is 0 Å². The summed E-state index contributed by atoms with van der Waals surface area (Å²) in [5.41, 5.74) is 5.61. The van der Waals surface area contributed by atoms with Gasteiger partial charge in [0.15, 0.2) is 0 Å². The average Bonchev–Trinajstić information content (AvgIpc) is 2.48. The molecule has 4 heteroatoms. The predicted octanol–water partition coefficient (Wildman–Crippen LogP) is 2.91. The topological polar surface area (TPSA) is 52.8 Å². The number of hydrogen-bond donors (Lipinski definition) is 0. The lowest BCUT2D eigenvalue weighted by atomic mass is 9.98. The first-order valence-corrected chi connectivity index (χ1v) is 6.52. The molecule has 0 spiro atoms. The minimum atomic E-state index is 0.388. The predicted molar refractivity (Wildman–Crippen MR) is 79.5 cm³/mol. The van der Waals surface area contributed by atoms with Crippen molar-refractivity contribution in [3.05, 3.63) is 52.5 Å². The Hall–Kier alpha value is -2.41. The van der Waals surface area contributed by atoms with E-state index in [0.717, 1.165) is 12.4 Å². The van der Waals surface area contributed by atoms with Crippen LogP contribution in [0.15, 0.2) is 24.5 Å². The van der Waals surface area contributed by atoms with Crippen LogP contribution in [0.4, 0.5) is 5.82 Å². The van der Waals surface area contributed by atoms with Crippen molar-refractivity contribution in [3.63, 3.8) is 0 Å². The van der Waals surface area contributed by atoms with Crippen molar-refractivity contribution in [3.8, 4) is 6.07 Å². The SMILES string of the molecule is Cc1ccc(CN(C)c2cc(C#N)ncn2)c(C)c1C. The summed E-state index contributed by atoms with van der Waals surface area (Å²) < 4.78 is 0. The first-order valence-electron chi connectivity index (χ1n) is 6.52. The van der Waals surface area contributed by atoms with E-state index in [-0.39, 0.29) is 0 Å². The third-order valence-corrected chi connectivity index (χ3v) is 3.74. The second kappa shape index (κ2) is 5.70. The molecule has 0 saturated carbocycles. The second-order valence-corrected chi connectivity index (χ2v) is 5.02. The van der Waals surface area contributed by atoms with Crippen molar-refractivity contribution < 1.29 is 0 Å². The molecule has 4 nitrogen and oxygen atoms in total. The van der Waals surface area contributed by atoms with Crippen LogP contribution in [0.2, 0.25) is 0 Å². The van der Waals surface area contributed by atoms with Crippen molar-refractivity contribution in [2.75, 3.05) is 11.9 Å². The van der Waals surface area contributed by atoms with Crippen LogP contribution in [0.5, 0.6) is 0 Å². The minimum absolute atomic E-state index is 0.388. The smallest absolute Gasteiger partial charge is 0.145 e. The summed E-state index contributed by atoms with van der Waals surface area (Å²) in [6, 6.07) is 8.04. The minimum Gasteiger partial charge on any atom is -0.355 e. The molecule has 0 amide bonds. The molecule has 20 heavy (non-hydrogen) atoms. The fourth-order valence-corrected chi connectivity index (χ4v) is 2.14. The molecule has 1 aromatic heterocycles. The van der Waals surface area contributed by atoms with Crippen LogP contribution < -0.4 is 4.90 Å². The zero-order valence-corrected chi connectivity index (χ0v) is 12.3. The van der Waals surface area contributed by atoms with Gasteiger partial charge in [0.2, 0.25) is 0 Å². The summed E-state index contributed by atoms with van der Waals surface area (Å²) in [7, 11) is 1.97. The maximum atomic E-state index is 8.89. The largest absolute Gasteiger partial charge is 0.355 e. The number of hydrogen-bond acceptors (Lipinski definition) is 4. The van der Waals surface area contributed by atoms with Gasteiger partial charge in [-0.2, -0.15) is 5.26 Å². The van der Waals surface area contributed by atoms with E-state index < -0.39 is 0 Å². The lowest BCUT2D eigenvalue weighted by Crippen LogP contribution is -2.19. The lowest BCUT2D eigenvalue weighted by Gasteiger charge is -2.20. The Balaban J connectivity index is 2.26. The first-order chi connectivity index (χ1) is 9.52. The molecule has 1 aromatic carbocycles. The van der Waals surface area contributed by atoms with Gasteiger partial charge in [0.25, 0.3) is 0 Å². The third kappa shape index (κ3) is 2.77. The second-order valence-electron chi connectivity index (χ2n) is 5.02. The van der Waals surface area contributed by atoms with E-state index in [1.807, 2.05) is 18.0 Å². The summed E-state index contributed by atoms with van der Waals surface area (Å²) in [5, 5.41) is 8.89. The van der Waals surface area contributed by atoms with Crippen molar-refractivity contribution in [1.82, 2.24) is 9.97 Å². The van der Waals surface area contributed by atoms with E-state index >= 15 is 0 Å². The first kappa shape index (κ1) is 14.0. The van der Waals surface area contributed by atoms with Crippen LogP contribution in [0.1, 0.15) is 27.9 Å². The Morgan fingerprint density at radius 1 is 1.15 bits per heavy atom.